The molecule has 1 saturated heterocycles. The van der Waals surface area contributed by atoms with Crippen molar-refractivity contribution in [3.8, 4) is 0 Å². The molecule has 0 bridgehead atoms. The zero-order valence-corrected chi connectivity index (χ0v) is 8.77. The van der Waals surface area contributed by atoms with Gasteiger partial charge >= 0.3 is 0 Å². The van der Waals surface area contributed by atoms with Crippen LogP contribution in [0, 0.1) is 0 Å². The predicted molar refractivity (Wildman–Crippen MR) is 54.5 cm³/mol. The molecule has 15 heavy (non-hydrogen) atoms. The lowest BCUT2D eigenvalue weighted by Crippen LogP contribution is -2.52. The first-order valence-electron chi connectivity index (χ1n) is 5.03. The summed E-state index contributed by atoms with van der Waals surface area (Å²) in [5, 5.41) is 4.08. The van der Waals surface area contributed by atoms with Gasteiger partial charge in [0.2, 0.25) is 5.78 Å². The van der Waals surface area contributed by atoms with Gasteiger partial charge in [-0.25, -0.2) is 0 Å². The Labute approximate surface area is 88.2 Å². The lowest BCUT2D eigenvalue weighted by Gasteiger charge is -2.30. The Balaban J connectivity index is 2.19. The van der Waals surface area contributed by atoms with E-state index < -0.39 is 5.54 Å². The number of rotatable bonds is 2. The minimum absolute atomic E-state index is 0.0774. The number of carbonyl (C=O) groups is 1. The number of ketones is 1. The van der Waals surface area contributed by atoms with E-state index in [-0.39, 0.29) is 5.78 Å². The van der Waals surface area contributed by atoms with Crippen molar-refractivity contribution in [1.82, 2.24) is 9.78 Å². The SMILES string of the molecule is Cn1ccc(C(=O)C2(N)CCOCC2)n1. The number of hydrogen-bond donors (Lipinski definition) is 1. The van der Waals surface area contributed by atoms with Crippen LogP contribution in [0.15, 0.2) is 12.3 Å². The van der Waals surface area contributed by atoms with Crippen LogP contribution in [0.3, 0.4) is 0 Å². The Kier molecular flexibility index (Phi) is 2.58. The first kappa shape index (κ1) is 10.3. The lowest BCUT2D eigenvalue weighted by atomic mass is 9.85. The highest BCUT2D eigenvalue weighted by atomic mass is 16.5. The molecule has 0 saturated carbocycles. The molecule has 0 aliphatic carbocycles. The number of carbonyl (C=O) groups excluding carboxylic acids is 1. The van der Waals surface area contributed by atoms with Gasteiger partial charge in [0.15, 0.2) is 0 Å². The highest BCUT2D eigenvalue weighted by Gasteiger charge is 2.37. The summed E-state index contributed by atoms with van der Waals surface area (Å²) in [6.45, 7) is 1.10. The third-order valence-electron chi connectivity index (χ3n) is 2.78. The van der Waals surface area contributed by atoms with Crippen molar-refractivity contribution in [2.45, 2.75) is 18.4 Å². The molecule has 0 unspecified atom stereocenters. The van der Waals surface area contributed by atoms with E-state index in [1.165, 1.54) is 0 Å². The van der Waals surface area contributed by atoms with E-state index in [1.807, 2.05) is 0 Å². The second-order valence-corrected chi connectivity index (χ2v) is 3.97. The van der Waals surface area contributed by atoms with Crippen LogP contribution in [0.4, 0.5) is 0 Å². The third-order valence-corrected chi connectivity index (χ3v) is 2.78. The molecule has 2 N–H and O–H groups in total. The average Bonchev–Trinajstić information content (AvgIpc) is 2.65. The van der Waals surface area contributed by atoms with Crippen LogP contribution >= 0.6 is 0 Å². The first-order chi connectivity index (χ1) is 7.12. The minimum Gasteiger partial charge on any atom is -0.381 e. The molecule has 5 nitrogen and oxygen atoms in total. The molecule has 82 valence electrons. The highest BCUT2D eigenvalue weighted by Crippen LogP contribution is 2.21. The Bertz CT molecular complexity index is 366. The zero-order chi connectivity index (χ0) is 10.9. The summed E-state index contributed by atoms with van der Waals surface area (Å²) in [6, 6.07) is 1.70. The molecular weight excluding hydrogens is 194 g/mol. The quantitative estimate of drug-likeness (QED) is 0.702. The summed E-state index contributed by atoms with van der Waals surface area (Å²) in [5.74, 6) is -0.0774. The van der Waals surface area contributed by atoms with Crippen LogP contribution in [-0.2, 0) is 11.8 Å². The molecule has 5 heteroatoms. The van der Waals surface area contributed by atoms with Gasteiger partial charge in [-0.3, -0.25) is 9.48 Å². The predicted octanol–water partition coefficient (Wildman–Crippen LogP) is 0.111. The largest absolute Gasteiger partial charge is 0.381 e. The highest BCUT2D eigenvalue weighted by molar-refractivity contribution is 6.01. The average molecular weight is 209 g/mol. The van der Waals surface area contributed by atoms with Crippen molar-refractivity contribution < 1.29 is 9.53 Å². The molecule has 1 aliphatic heterocycles. The molecule has 0 radical (unpaired) electrons. The lowest BCUT2D eigenvalue weighted by molar-refractivity contribution is 0.0444. The molecule has 1 aromatic rings. The maximum Gasteiger partial charge on any atom is 0.202 e. The van der Waals surface area contributed by atoms with Crippen molar-refractivity contribution in [1.29, 1.82) is 0 Å². The van der Waals surface area contributed by atoms with Gasteiger partial charge in [-0.2, -0.15) is 5.10 Å². The number of Topliss-reactive ketones (excluding diaryl/α,β-unsaturated/α-hetero) is 1. The van der Waals surface area contributed by atoms with Crippen LogP contribution in [0.5, 0.6) is 0 Å². The van der Waals surface area contributed by atoms with Gasteiger partial charge in [0, 0.05) is 26.5 Å². The Morgan fingerprint density at radius 1 is 1.60 bits per heavy atom. The van der Waals surface area contributed by atoms with E-state index in [4.69, 9.17) is 10.5 Å². The van der Waals surface area contributed by atoms with Crippen molar-refractivity contribution in [2.24, 2.45) is 12.8 Å². The van der Waals surface area contributed by atoms with E-state index in [0.717, 1.165) is 0 Å². The maximum atomic E-state index is 12.1. The molecule has 0 spiro atoms. The van der Waals surface area contributed by atoms with Crippen LogP contribution in [0.1, 0.15) is 23.3 Å². The summed E-state index contributed by atoms with van der Waals surface area (Å²) < 4.78 is 6.81. The summed E-state index contributed by atoms with van der Waals surface area (Å²) in [4.78, 5) is 12.1. The Hall–Kier alpha value is -1.20. The first-order valence-corrected chi connectivity index (χ1v) is 5.03. The van der Waals surface area contributed by atoms with Crippen LogP contribution < -0.4 is 5.73 Å². The van der Waals surface area contributed by atoms with Crippen LogP contribution in [-0.4, -0.2) is 34.3 Å². The van der Waals surface area contributed by atoms with Crippen molar-refractivity contribution in [2.75, 3.05) is 13.2 Å². The number of aromatic nitrogens is 2. The number of ether oxygens (including phenoxy) is 1. The van der Waals surface area contributed by atoms with E-state index in [2.05, 4.69) is 5.10 Å². The molecule has 2 rings (SSSR count). The summed E-state index contributed by atoms with van der Waals surface area (Å²) >= 11 is 0. The van der Waals surface area contributed by atoms with Gasteiger partial charge in [0.1, 0.15) is 5.69 Å². The van der Waals surface area contributed by atoms with Crippen LogP contribution in [0.2, 0.25) is 0 Å². The van der Waals surface area contributed by atoms with Crippen molar-refractivity contribution in [3.63, 3.8) is 0 Å². The molecule has 0 amide bonds. The van der Waals surface area contributed by atoms with E-state index >= 15 is 0 Å². The molecular formula is C10H15N3O2. The fraction of sp³-hybridized carbons (Fsp3) is 0.600. The standard InChI is InChI=1S/C10H15N3O2/c1-13-5-2-8(12-13)9(14)10(11)3-6-15-7-4-10/h2,5H,3-4,6-7,11H2,1H3. The van der Waals surface area contributed by atoms with Gasteiger partial charge in [-0.05, 0) is 18.9 Å². The molecule has 1 fully saturated rings. The Morgan fingerprint density at radius 2 is 2.27 bits per heavy atom. The number of nitrogens with two attached hydrogens (primary N) is 1. The van der Waals surface area contributed by atoms with E-state index in [1.54, 1.807) is 24.0 Å². The number of nitrogens with zero attached hydrogens (tertiary/aromatic N) is 2. The van der Waals surface area contributed by atoms with Gasteiger partial charge in [-0.15, -0.1) is 0 Å². The number of hydrogen-bond acceptors (Lipinski definition) is 4. The van der Waals surface area contributed by atoms with E-state index in [0.29, 0.717) is 31.7 Å². The summed E-state index contributed by atoms with van der Waals surface area (Å²) in [5.41, 5.74) is 5.73. The Morgan fingerprint density at radius 3 is 2.80 bits per heavy atom. The van der Waals surface area contributed by atoms with Crippen LogP contribution in [0.25, 0.3) is 0 Å². The fourth-order valence-corrected chi connectivity index (χ4v) is 1.75. The monoisotopic (exact) mass is 209 g/mol. The molecule has 0 atom stereocenters. The van der Waals surface area contributed by atoms with Crippen molar-refractivity contribution in [3.05, 3.63) is 18.0 Å². The van der Waals surface area contributed by atoms with E-state index in [9.17, 15) is 4.79 Å². The zero-order valence-electron chi connectivity index (χ0n) is 8.77. The topological polar surface area (TPSA) is 70.1 Å². The normalized spacial score (nSPS) is 20.1. The van der Waals surface area contributed by atoms with Crippen molar-refractivity contribution >= 4 is 5.78 Å². The van der Waals surface area contributed by atoms with Gasteiger partial charge in [-0.1, -0.05) is 0 Å². The molecule has 2 heterocycles. The molecule has 1 aliphatic rings. The maximum absolute atomic E-state index is 12.1. The minimum atomic E-state index is -0.785. The fourth-order valence-electron chi connectivity index (χ4n) is 1.75. The van der Waals surface area contributed by atoms with Gasteiger partial charge in [0.25, 0.3) is 0 Å². The summed E-state index contributed by atoms with van der Waals surface area (Å²) in [6.07, 6.45) is 2.89. The second kappa shape index (κ2) is 3.75. The smallest absolute Gasteiger partial charge is 0.202 e. The third kappa shape index (κ3) is 1.93. The molecule has 0 aromatic carbocycles. The summed E-state index contributed by atoms with van der Waals surface area (Å²) in [7, 11) is 1.78. The van der Waals surface area contributed by atoms with Gasteiger partial charge in [0.05, 0.1) is 5.54 Å². The molecule has 1 aromatic heterocycles. The number of aryl methyl sites for hydroxylation is 1. The van der Waals surface area contributed by atoms with Gasteiger partial charge < -0.3 is 10.5 Å². The second-order valence-electron chi connectivity index (χ2n) is 3.97.